The highest BCUT2D eigenvalue weighted by Gasteiger charge is 2.23. The van der Waals surface area contributed by atoms with Crippen LogP contribution in [0.15, 0.2) is 18.2 Å². The fraction of sp³-hybridized carbons (Fsp3) is 0.588. The van der Waals surface area contributed by atoms with Crippen LogP contribution >= 0.6 is 0 Å². The van der Waals surface area contributed by atoms with Crippen LogP contribution in [0, 0.1) is 5.92 Å². The zero-order chi connectivity index (χ0) is 15.5. The lowest BCUT2D eigenvalue weighted by Crippen LogP contribution is -2.41. The van der Waals surface area contributed by atoms with Crippen molar-refractivity contribution in [3.8, 4) is 11.5 Å². The summed E-state index contributed by atoms with van der Waals surface area (Å²) >= 11 is 0. The molecule has 1 unspecified atom stereocenters. The van der Waals surface area contributed by atoms with Crippen molar-refractivity contribution in [1.82, 2.24) is 4.90 Å². The van der Waals surface area contributed by atoms with Crippen LogP contribution in [0.25, 0.3) is 0 Å². The highest BCUT2D eigenvalue weighted by Crippen LogP contribution is 2.34. The van der Waals surface area contributed by atoms with Crippen LogP contribution in [-0.2, 0) is 4.79 Å². The van der Waals surface area contributed by atoms with Crippen LogP contribution in [0.1, 0.15) is 32.6 Å². The number of rotatable bonds is 5. The molecule has 3 rings (SSSR count). The summed E-state index contributed by atoms with van der Waals surface area (Å²) in [6, 6.07) is 5.33. The zero-order valence-corrected chi connectivity index (χ0v) is 13.3. The summed E-state index contributed by atoms with van der Waals surface area (Å²) in [4.78, 5) is 14.6. The maximum absolute atomic E-state index is 12.4. The average Bonchev–Trinajstić information content (AvgIpc) is 3.16. The highest BCUT2D eigenvalue weighted by molar-refractivity contribution is 5.94. The Morgan fingerprint density at radius 3 is 2.82 bits per heavy atom. The first-order chi connectivity index (χ1) is 10.6. The van der Waals surface area contributed by atoms with Crippen molar-refractivity contribution >= 4 is 11.6 Å². The monoisotopic (exact) mass is 304 g/mol. The number of carbonyl (C=O) groups is 1. The maximum atomic E-state index is 12.4. The van der Waals surface area contributed by atoms with E-state index >= 15 is 0 Å². The van der Waals surface area contributed by atoms with Gasteiger partial charge >= 0.3 is 0 Å². The topological polar surface area (TPSA) is 50.8 Å². The van der Waals surface area contributed by atoms with Crippen molar-refractivity contribution in [2.45, 2.75) is 38.6 Å². The molecule has 1 amide bonds. The molecule has 1 aliphatic heterocycles. The minimum atomic E-state index is -0.147. The molecule has 1 fully saturated rings. The number of likely N-dealkylation sites (N-methyl/N-ethyl adjacent to an activating group) is 1. The Morgan fingerprint density at radius 2 is 2.05 bits per heavy atom. The molecule has 1 heterocycles. The second-order valence-electron chi connectivity index (χ2n) is 6.32. The zero-order valence-electron chi connectivity index (χ0n) is 13.3. The molecule has 1 atom stereocenters. The van der Waals surface area contributed by atoms with Crippen LogP contribution in [0.3, 0.4) is 0 Å². The Labute approximate surface area is 131 Å². The van der Waals surface area contributed by atoms with E-state index < -0.39 is 0 Å². The van der Waals surface area contributed by atoms with Crippen LogP contribution in [0.5, 0.6) is 11.5 Å². The van der Waals surface area contributed by atoms with Crippen molar-refractivity contribution in [2.24, 2.45) is 5.92 Å². The van der Waals surface area contributed by atoms with Crippen LogP contribution in [0.4, 0.5) is 5.69 Å². The fourth-order valence-electron chi connectivity index (χ4n) is 3.18. The number of amides is 1. The van der Waals surface area contributed by atoms with Gasteiger partial charge in [-0.2, -0.15) is 0 Å². The number of hydrogen-bond donors (Lipinski definition) is 1. The molecule has 5 heteroatoms. The Balaban J connectivity index is 1.56. The molecule has 120 valence electrons. The molecule has 1 aliphatic carbocycles. The van der Waals surface area contributed by atoms with E-state index in [4.69, 9.17) is 9.47 Å². The quantitative estimate of drug-likeness (QED) is 0.909. The first-order valence-electron chi connectivity index (χ1n) is 8.04. The molecule has 0 spiro atoms. The molecule has 0 saturated heterocycles. The average molecular weight is 304 g/mol. The SMILES string of the molecule is CC(C(=O)Nc1ccc2c(c1)OCO2)N(C)CC1CCCC1. The summed E-state index contributed by atoms with van der Waals surface area (Å²) in [5.41, 5.74) is 0.746. The highest BCUT2D eigenvalue weighted by atomic mass is 16.7. The van der Waals surface area contributed by atoms with Gasteiger partial charge in [0.1, 0.15) is 0 Å². The number of benzene rings is 1. The lowest BCUT2D eigenvalue weighted by molar-refractivity contribution is -0.120. The number of fused-ring (bicyclic) bond motifs is 1. The normalized spacial score (nSPS) is 18.7. The smallest absolute Gasteiger partial charge is 0.241 e. The summed E-state index contributed by atoms with van der Waals surface area (Å²) in [7, 11) is 2.03. The molecule has 0 radical (unpaired) electrons. The molecule has 1 N–H and O–H groups in total. The first kappa shape index (κ1) is 15.2. The van der Waals surface area contributed by atoms with Gasteiger partial charge < -0.3 is 14.8 Å². The molecule has 0 bridgehead atoms. The Bertz CT molecular complexity index is 541. The van der Waals surface area contributed by atoms with E-state index in [0.717, 1.165) is 23.9 Å². The molecule has 0 aromatic heterocycles. The number of nitrogens with zero attached hydrogens (tertiary/aromatic N) is 1. The van der Waals surface area contributed by atoms with E-state index in [1.807, 2.05) is 32.2 Å². The molecule has 1 aromatic carbocycles. The first-order valence-corrected chi connectivity index (χ1v) is 8.04. The van der Waals surface area contributed by atoms with Gasteiger partial charge in [0.05, 0.1) is 6.04 Å². The summed E-state index contributed by atoms with van der Waals surface area (Å²) < 4.78 is 10.6. The van der Waals surface area contributed by atoms with E-state index in [-0.39, 0.29) is 18.7 Å². The standard InChI is InChI=1S/C17H24N2O3/c1-12(19(2)10-13-5-3-4-6-13)17(20)18-14-7-8-15-16(9-14)22-11-21-15/h7-9,12-13H,3-6,10-11H2,1-2H3,(H,18,20). The van der Waals surface area contributed by atoms with Gasteiger partial charge in [0, 0.05) is 18.3 Å². The van der Waals surface area contributed by atoms with Gasteiger partial charge in [-0.15, -0.1) is 0 Å². The number of carbonyl (C=O) groups excluding carboxylic acids is 1. The van der Waals surface area contributed by atoms with Crippen molar-refractivity contribution < 1.29 is 14.3 Å². The van der Waals surface area contributed by atoms with E-state index in [0.29, 0.717) is 5.75 Å². The van der Waals surface area contributed by atoms with E-state index in [1.165, 1.54) is 25.7 Å². The summed E-state index contributed by atoms with van der Waals surface area (Å²) in [6.07, 6.45) is 5.24. The van der Waals surface area contributed by atoms with E-state index in [2.05, 4.69) is 10.2 Å². The number of ether oxygens (including phenoxy) is 2. The largest absolute Gasteiger partial charge is 0.454 e. The van der Waals surface area contributed by atoms with E-state index in [1.54, 1.807) is 0 Å². The van der Waals surface area contributed by atoms with Gasteiger partial charge in [-0.3, -0.25) is 9.69 Å². The number of hydrogen-bond acceptors (Lipinski definition) is 4. The molecule has 2 aliphatic rings. The summed E-state index contributed by atoms with van der Waals surface area (Å²) in [5.74, 6) is 2.17. The van der Waals surface area contributed by atoms with E-state index in [9.17, 15) is 4.79 Å². The van der Waals surface area contributed by atoms with Gasteiger partial charge in [0.2, 0.25) is 12.7 Å². The predicted molar refractivity (Wildman–Crippen MR) is 85.2 cm³/mol. The molecule has 1 saturated carbocycles. The van der Waals surface area contributed by atoms with Crippen molar-refractivity contribution in [2.75, 3.05) is 25.7 Å². The maximum Gasteiger partial charge on any atom is 0.241 e. The van der Waals surface area contributed by atoms with Gasteiger partial charge in [-0.1, -0.05) is 12.8 Å². The third-order valence-corrected chi connectivity index (χ3v) is 4.70. The predicted octanol–water partition coefficient (Wildman–Crippen LogP) is 2.86. The minimum Gasteiger partial charge on any atom is -0.454 e. The van der Waals surface area contributed by atoms with Crippen LogP contribution in [0.2, 0.25) is 0 Å². The number of anilines is 1. The number of nitrogens with one attached hydrogen (secondary N) is 1. The second-order valence-corrected chi connectivity index (χ2v) is 6.32. The fourth-order valence-corrected chi connectivity index (χ4v) is 3.18. The molecule has 22 heavy (non-hydrogen) atoms. The minimum absolute atomic E-state index is 0.0133. The van der Waals surface area contributed by atoms with Gasteiger partial charge in [0.25, 0.3) is 0 Å². The summed E-state index contributed by atoms with van der Waals surface area (Å²) in [5, 5.41) is 2.96. The van der Waals surface area contributed by atoms with Crippen molar-refractivity contribution in [3.63, 3.8) is 0 Å². The second kappa shape index (κ2) is 6.57. The van der Waals surface area contributed by atoms with Crippen LogP contribution in [-0.4, -0.2) is 37.2 Å². The Morgan fingerprint density at radius 1 is 1.32 bits per heavy atom. The lowest BCUT2D eigenvalue weighted by atomic mass is 10.1. The van der Waals surface area contributed by atoms with Gasteiger partial charge in [-0.05, 0) is 44.9 Å². The molecular weight excluding hydrogens is 280 g/mol. The van der Waals surface area contributed by atoms with Crippen LogP contribution < -0.4 is 14.8 Å². The Kier molecular flexibility index (Phi) is 4.52. The van der Waals surface area contributed by atoms with Crippen molar-refractivity contribution in [3.05, 3.63) is 18.2 Å². The molecule has 1 aromatic rings. The van der Waals surface area contributed by atoms with Crippen molar-refractivity contribution in [1.29, 1.82) is 0 Å². The van der Waals surface area contributed by atoms with Gasteiger partial charge in [0.15, 0.2) is 11.5 Å². The van der Waals surface area contributed by atoms with Gasteiger partial charge in [-0.25, -0.2) is 0 Å². The lowest BCUT2D eigenvalue weighted by Gasteiger charge is -2.26. The Hall–Kier alpha value is -1.75. The third kappa shape index (κ3) is 3.35. The summed E-state index contributed by atoms with van der Waals surface area (Å²) in [6.45, 7) is 3.19. The molecular formula is C17H24N2O3. The third-order valence-electron chi connectivity index (χ3n) is 4.70. The molecule has 5 nitrogen and oxygen atoms in total.